The number of fused-ring (bicyclic) bond motifs is 2. The van der Waals surface area contributed by atoms with Crippen molar-refractivity contribution in [3.63, 3.8) is 0 Å². The Morgan fingerprint density at radius 1 is 0.768 bits per heavy atom. The van der Waals surface area contributed by atoms with Crippen molar-refractivity contribution < 1.29 is 32.3 Å². The molecule has 3 saturated heterocycles. The number of aromatic nitrogens is 1. The highest BCUT2D eigenvalue weighted by Crippen LogP contribution is 2.36. The minimum atomic E-state index is -4.38. The number of piperazine rings is 1. The SMILES string of the molecule is NCCCn1cc(-c2ccc(C(F)(F)F)cc2)c2cc(CN3CCC(CN4CCN(c5ccc6c(c5)C(=O)N(C5CCC(=O)NC5=O)C6=O)CC4)CC3)ccc21. The number of amides is 4. The molecule has 0 saturated carbocycles. The van der Waals surface area contributed by atoms with Gasteiger partial charge in [-0.15, -0.1) is 0 Å². The van der Waals surface area contributed by atoms with Gasteiger partial charge in [-0.1, -0.05) is 18.2 Å². The lowest BCUT2D eigenvalue weighted by molar-refractivity contribution is -0.138. The van der Waals surface area contributed by atoms with Gasteiger partial charge in [-0.2, -0.15) is 13.2 Å². The molecule has 4 aromatic rings. The van der Waals surface area contributed by atoms with E-state index in [0.29, 0.717) is 18.0 Å². The summed E-state index contributed by atoms with van der Waals surface area (Å²) in [7, 11) is 0. The lowest BCUT2D eigenvalue weighted by Crippen LogP contribution is -2.54. The lowest BCUT2D eigenvalue weighted by atomic mass is 9.95. The van der Waals surface area contributed by atoms with Crippen molar-refractivity contribution in [3.05, 3.63) is 89.1 Å². The molecular formula is C42H46F3N7O4. The van der Waals surface area contributed by atoms with Crippen LogP contribution in [0.4, 0.5) is 18.9 Å². The van der Waals surface area contributed by atoms with Crippen molar-refractivity contribution in [2.24, 2.45) is 11.7 Å². The number of hydrogen-bond donors (Lipinski definition) is 2. The Labute approximate surface area is 323 Å². The predicted molar refractivity (Wildman–Crippen MR) is 206 cm³/mol. The van der Waals surface area contributed by atoms with Gasteiger partial charge in [0.1, 0.15) is 6.04 Å². The molecule has 1 aromatic heterocycles. The molecule has 5 heterocycles. The Bertz CT molecular complexity index is 2150. The Hall–Kier alpha value is -5.05. The zero-order valence-corrected chi connectivity index (χ0v) is 31.2. The second-order valence-electron chi connectivity index (χ2n) is 15.5. The van der Waals surface area contributed by atoms with Gasteiger partial charge in [-0.05, 0) is 105 Å². The third kappa shape index (κ3) is 7.57. The van der Waals surface area contributed by atoms with E-state index >= 15 is 0 Å². The molecule has 0 bridgehead atoms. The molecule has 8 rings (SSSR count). The van der Waals surface area contributed by atoms with E-state index in [2.05, 4.69) is 42.8 Å². The van der Waals surface area contributed by atoms with E-state index in [1.165, 1.54) is 5.56 Å². The molecule has 4 amide bonds. The van der Waals surface area contributed by atoms with Gasteiger partial charge in [0.05, 0.1) is 16.7 Å². The summed E-state index contributed by atoms with van der Waals surface area (Å²) in [4.78, 5) is 58.7. The largest absolute Gasteiger partial charge is 0.416 e. The quantitative estimate of drug-likeness (QED) is 0.214. The number of aryl methyl sites for hydroxylation is 1. The number of carbonyl (C=O) groups excluding carboxylic acids is 4. The minimum absolute atomic E-state index is 0.0846. The first-order chi connectivity index (χ1) is 27.0. The molecule has 1 unspecified atom stereocenters. The molecule has 3 aromatic carbocycles. The summed E-state index contributed by atoms with van der Waals surface area (Å²) in [6.07, 6.45) is 0.862. The average molecular weight is 770 g/mol. The summed E-state index contributed by atoms with van der Waals surface area (Å²) in [6, 6.07) is 16.2. The summed E-state index contributed by atoms with van der Waals surface area (Å²) in [5.74, 6) is -1.42. The molecule has 4 aliphatic heterocycles. The molecule has 56 heavy (non-hydrogen) atoms. The van der Waals surface area contributed by atoms with Crippen LogP contribution < -0.4 is 16.0 Å². The number of alkyl halides is 3. The fourth-order valence-electron chi connectivity index (χ4n) is 8.75. The van der Waals surface area contributed by atoms with Gasteiger partial charge >= 0.3 is 6.18 Å². The highest BCUT2D eigenvalue weighted by Gasteiger charge is 2.45. The first kappa shape index (κ1) is 37.9. The van der Waals surface area contributed by atoms with E-state index in [1.54, 1.807) is 24.3 Å². The van der Waals surface area contributed by atoms with Crippen LogP contribution in [0, 0.1) is 5.92 Å². The molecule has 0 aliphatic carbocycles. The number of hydrogen-bond acceptors (Lipinski definition) is 8. The second kappa shape index (κ2) is 15.5. The van der Waals surface area contributed by atoms with E-state index in [-0.39, 0.29) is 18.4 Å². The van der Waals surface area contributed by atoms with Crippen molar-refractivity contribution >= 4 is 40.2 Å². The number of imide groups is 2. The fraction of sp³-hybridized carbons (Fsp3) is 0.429. The van der Waals surface area contributed by atoms with Crippen LogP contribution in [0.5, 0.6) is 0 Å². The number of nitrogens with zero attached hydrogens (tertiary/aromatic N) is 5. The molecule has 3 N–H and O–H groups in total. The van der Waals surface area contributed by atoms with Crippen LogP contribution in [0.2, 0.25) is 0 Å². The zero-order chi connectivity index (χ0) is 39.1. The molecular weight excluding hydrogens is 724 g/mol. The lowest BCUT2D eigenvalue weighted by Gasteiger charge is -2.39. The van der Waals surface area contributed by atoms with Crippen molar-refractivity contribution in [3.8, 4) is 11.1 Å². The summed E-state index contributed by atoms with van der Waals surface area (Å²) in [6.45, 7) is 8.46. The highest BCUT2D eigenvalue weighted by atomic mass is 19.4. The first-order valence-corrected chi connectivity index (χ1v) is 19.5. The third-order valence-corrected chi connectivity index (χ3v) is 11.9. The maximum atomic E-state index is 13.3. The number of carbonyl (C=O) groups is 4. The number of halogens is 3. The van der Waals surface area contributed by atoms with Gasteiger partial charge in [0.2, 0.25) is 11.8 Å². The van der Waals surface area contributed by atoms with E-state index in [0.717, 1.165) is 123 Å². The normalized spacial score (nSPS) is 20.3. The Balaban J connectivity index is 0.847. The third-order valence-electron chi connectivity index (χ3n) is 11.9. The number of nitrogens with one attached hydrogen (secondary N) is 1. The van der Waals surface area contributed by atoms with Crippen molar-refractivity contribution in [2.45, 2.75) is 57.4 Å². The summed E-state index contributed by atoms with van der Waals surface area (Å²) >= 11 is 0. The van der Waals surface area contributed by atoms with Gasteiger partial charge in [-0.3, -0.25) is 39.2 Å². The number of benzene rings is 3. The van der Waals surface area contributed by atoms with Gasteiger partial charge in [-0.25, -0.2) is 0 Å². The summed E-state index contributed by atoms with van der Waals surface area (Å²) in [5.41, 5.74) is 10.5. The monoisotopic (exact) mass is 769 g/mol. The van der Waals surface area contributed by atoms with Crippen LogP contribution in [0.15, 0.2) is 66.9 Å². The Morgan fingerprint density at radius 2 is 1.50 bits per heavy atom. The number of rotatable bonds is 10. The average Bonchev–Trinajstić information content (AvgIpc) is 3.67. The Kier molecular flexibility index (Phi) is 10.5. The number of nitrogens with two attached hydrogens (primary N) is 1. The second-order valence-corrected chi connectivity index (χ2v) is 15.5. The van der Waals surface area contributed by atoms with E-state index in [4.69, 9.17) is 5.73 Å². The molecule has 1 atom stereocenters. The predicted octanol–water partition coefficient (Wildman–Crippen LogP) is 5.11. The number of anilines is 1. The first-order valence-electron chi connectivity index (χ1n) is 19.5. The smallest absolute Gasteiger partial charge is 0.369 e. The van der Waals surface area contributed by atoms with Crippen molar-refractivity contribution in [1.29, 1.82) is 0 Å². The molecule has 0 radical (unpaired) electrons. The molecule has 3 fully saturated rings. The molecule has 4 aliphatic rings. The van der Waals surface area contributed by atoms with E-state index < -0.39 is 41.4 Å². The molecule has 14 heteroatoms. The maximum absolute atomic E-state index is 13.3. The molecule has 0 spiro atoms. The fourth-order valence-corrected chi connectivity index (χ4v) is 8.75. The topological polar surface area (TPSA) is 124 Å². The van der Waals surface area contributed by atoms with E-state index in [9.17, 15) is 32.3 Å². The maximum Gasteiger partial charge on any atom is 0.416 e. The van der Waals surface area contributed by atoms with Gasteiger partial charge in [0.15, 0.2) is 0 Å². The minimum Gasteiger partial charge on any atom is -0.369 e. The zero-order valence-electron chi connectivity index (χ0n) is 31.2. The molecule has 11 nitrogen and oxygen atoms in total. The summed E-state index contributed by atoms with van der Waals surface area (Å²) < 4.78 is 42.0. The number of likely N-dealkylation sites (tertiary alicyclic amines) is 1. The summed E-state index contributed by atoms with van der Waals surface area (Å²) in [5, 5.41) is 3.27. The molecule has 294 valence electrons. The Morgan fingerprint density at radius 3 is 2.20 bits per heavy atom. The standard InChI is InChI=1S/C42H46F3N7O4/c43-42(44,45)30-5-3-29(4-6-30)35-26-51(15-1-14-46)36-9-2-28(22-33(35)36)25-48-16-12-27(13-17-48)24-49-18-20-50(21-19-49)31-7-8-32-34(23-31)41(56)52(40(32)55)37-10-11-38(53)47-39(37)54/h2-9,22-23,26-27,37H,1,10-21,24-25,46H2,(H,47,53,54). The van der Waals surface area contributed by atoms with Crippen LogP contribution in [0.3, 0.4) is 0 Å². The van der Waals surface area contributed by atoms with Crippen LogP contribution in [-0.4, -0.2) is 101 Å². The van der Waals surface area contributed by atoms with Crippen LogP contribution in [0.1, 0.15) is 63.9 Å². The number of piperidine rings is 2. The van der Waals surface area contributed by atoms with Gasteiger partial charge in [0, 0.05) is 80.6 Å². The van der Waals surface area contributed by atoms with E-state index in [1.807, 2.05) is 12.3 Å². The van der Waals surface area contributed by atoms with Crippen LogP contribution in [-0.2, 0) is 28.9 Å². The van der Waals surface area contributed by atoms with Gasteiger partial charge < -0.3 is 15.2 Å². The highest BCUT2D eigenvalue weighted by molar-refractivity contribution is 6.23. The van der Waals surface area contributed by atoms with Crippen LogP contribution >= 0.6 is 0 Å². The van der Waals surface area contributed by atoms with Crippen molar-refractivity contribution in [1.82, 2.24) is 24.6 Å². The van der Waals surface area contributed by atoms with Crippen LogP contribution in [0.25, 0.3) is 22.0 Å². The van der Waals surface area contributed by atoms with Gasteiger partial charge in [0.25, 0.3) is 11.8 Å². The van der Waals surface area contributed by atoms with Crippen molar-refractivity contribution in [2.75, 3.05) is 57.3 Å².